The number of ether oxygens (including phenoxy) is 1. The average Bonchev–Trinajstić information content (AvgIpc) is 4.02. The monoisotopic (exact) mass is 858 g/mol. The molecule has 10 aromatic rings. The fourth-order valence-corrected chi connectivity index (χ4v) is 11.6. The lowest BCUT2D eigenvalue weighted by atomic mass is 9.81. The first-order valence-electron chi connectivity index (χ1n) is 23.8. The van der Waals surface area contributed by atoms with Gasteiger partial charge in [-0.3, -0.25) is 4.57 Å². The molecule has 7 aromatic carbocycles. The van der Waals surface area contributed by atoms with Crippen LogP contribution in [0.15, 0.2) is 163 Å². The number of pyridine rings is 1. The number of benzene rings is 7. The highest BCUT2D eigenvalue weighted by Crippen LogP contribution is 2.44. The number of hydrogen-bond acceptors (Lipinski definition) is 3. The van der Waals surface area contributed by atoms with Crippen LogP contribution in [-0.2, 0) is 4.74 Å². The summed E-state index contributed by atoms with van der Waals surface area (Å²) in [6, 6.07) is 56.0. The molecule has 5 heteroatoms. The molecule has 1 saturated carbocycles. The minimum absolute atomic E-state index is 0.0722. The first-order valence-corrected chi connectivity index (χ1v) is 23.8. The molecular weight excluding hydrogens is 805 g/mol. The molecule has 324 valence electrons. The second kappa shape index (κ2) is 16.0. The average molecular weight is 859 g/mol. The van der Waals surface area contributed by atoms with Gasteiger partial charge in [-0.05, 0) is 165 Å². The van der Waals surface area contributed by atoms with Crippen LogP contribution in [0.3, 0.4) is 0 Å². The van der Waals surface area contributed by atoms with Crippen LogP contribution in [-0.4, -0.2) is 26.1 Å². The number of rotatable bonds is 7. The Labute approximate surface area is 387 Å². The molecule has 3 aromatic heterocycles. The highest BCUT2D eigenvalue weighted by atomic mass is 16.5. The fourth-order valence-electron chi connectivity index (χ4n) is 11.6. The molecule has 5 nitrogen and oxygen atoms in total. The minimum atomic E-state index is -0.121. The largest absolute Gasteiger partial charge is 0.467 e. The Morgan fingerprint density at radius 1 is 0.500 bits per heavy atom. The topological polar surface area (TPSA) is 44.3 Å². The highest BCUT2D eigenvalue weighted by molar-refractivity contribution is 6.13. The van der Waals surface area contributed by atoms with E-state index >= 15 is 0 Å². The van der Waals surface area contributed by atoms with Crippen LogP contribution >= 0.6 is 0 Å². The standard InChI is InChI=1S/C61H54N4O/c1-37-23-25-53-50(30-37)51-31-39(3)55(65-54-26-24-45(42-16-9-6-10-17-42)35-52(54)49-22-15-27-62-60(49)65)36-56(51)64(53)48-33-46(57-40(4)28-38(2)29-41(57)5)32-47(34-48)61-63-58(43-18-11-7-12-19-43)59(66-61)44-20-13-8-14-21-44/h6,8-10,13-17,20-36,43,58-59H,7,11-12,18-19H2,1-5H3/t58-,59-/m1/s1. The van der Waals surface area contributed by atoms with Crippen molar-refractivity contribution in [3.63, 3.8) is 0 Å². The molecule has 0 bridgehead atoms. The summed E-state index contributed by atoms with van der Waals surface area (Å²) in [7, 11) is 0. The van der Waals surface area contributed by atoms with Gasteiger partial charge in [0.2, 0.25) is 5.90 Å². The molecule has 1 aliphatic carbocycles. The summed E-state index contributed by atoms with van der Waals surface area (Å²) in [5.41, 5.74) is 19.8. The molecule has 0 saturated heterocycles. The van der Waals surface area contributed by atoms with Crippen LogP contribution in [0, 0.1) is 40.5 Å². The van der Waals surface area contributed by atoms with Gasteiger partial charge in [0.25, 0.3) is 0 Å². The first kappa shape index (κ1) is 40.3. The van der Waals surface area contributed by atoms with Crippen molar-refractivity contribution < 1.29 is 4.74 Å². The fraction of sp³-hybridized carbons (Fsp3) is 0.213. The van der Waals surface area contributed by atoms with Crippen molar-refractivity contribution in [2.45, 2.75) is 78.9 Å². The van der Waals surface area contributed by atoms with Crippen LogP contribution in [0.2, 0.25) is 0 Å². The van der Waals surface area contributed by atoms with Gasteiger partial charge >= 0.3 is 0 Å². The van der Waals surface area contributed by atoms with E-state index < -0.39 is 0 Å². The third-order valence-corrected chi connectivity index (χ3v) is 14.6. The summed E-state index contributed by atoms with van der Waals surface area (Å²) in [6.45, 7) is 11.1. The van der Waals surface area contributed by atoms with Gasteiger partial charge in [0, 0.05) is 39.0 Å². The summed E-state index contributed by atoms with van der Waals surface area (Å²) in [6.07, 6.45) is 8.00. The molecule has 1 fully saturated rings. The summed E-state index contributed by atoms with van der Waals surface area (Å²) in [5, 5.41) is 4.78. The van der Waals surface area contributed by atoms with E-state index in [2.05, 4.69) is 195 Å². The molecule has 1 aliphatic heterocycles. The number of hydrogen-bond donors (Lipinski definition) is 0. The van der Waals surface area contributed by atoms with Crippen molar-refractivity contribution in [3.05, 3.63) is 197 Å². The van der Waals surface area contributed by atoms with Gasteiger partial charge < -0.3 is 9.30 Å². The summed E-state index contributed by atoms with van der Waals surface area (Å²) >= 11 is 0. The molecular formula is C61H54N4O. The first-order chi connectivity index (χ1) is 32.3. The summed E-state index contributed by atoms with van der Waals surface area (Å²) < 4.78 is 12.0. The second-order valence-electron chi connectivity index (χ2n) is 19.1. The molecule has 0 N–H and O–H groups in total. The van der Waals surface area contributed by atoms with Gasteiger partial charge in [0.15, 0.2) is 0 Å². The Morgan fingerprint density at radius 3 is 1.98 bits per heavy atom. The molecule has 0 spiro atoms. The van der Waals surface area contributed by atoms with Crippen LogP contribution in [0.5, 0.6) is 0 Å². The molecule has 2 atom stereocenters. The van der Waals surface area contributed by atoms with Crippen molar-refractivity contribution in [1.29, 1.82) is 0 Å². The van der Waals surface area contributed by atoms with Crippen molar-refractivity contribution in [2.75, 3.05) is 0 Å². The Hall–Kier alpha value is -7.24. The maximum Gasteiger partial charge on any atom is 0.217 e. The Kier molecular flexibility index (Phi) is 9.78. The Bertz CT molecular complexity index is 3530. The van der Waals surface area contributed by atoms with Crippen molar-refractivity contribution >= 4 is 49.6 Å². The van der Waals surface area contributed by atoms with Gasteiger partial charge in [0.1, 0.15) is 11.8 Å². The Morgan fingerprint density at radius 2 is 1.20 bits per heavy atom. The SMILES string of the molecule is Cc1cc(C)c(-c2cc(C3=N[C@H](C4CCCCC4)[C@@H](c4ccccc4)O3)cc(-n3c4ccc(C)cc4c4cc(C)c(-n5c6ccc(-c7ccccc7)cc6c6cccnc65)cc43)c2)c(C)c1. The summed E-state index contributed by atoms with van der Waals surface area (Å²) in [4.78, 5) is 10.7. The number of aliphatic imine (C=N–C) groups is 1. The van der Waals surface area contributed by atoms with Crippen molar-refractivity contribution in [2.24, 2.45) is 10.9 Å². The predicted molar refractivity (Wildman–Crippen MR) is 275 cm³/mol. The van der Waals surface area contributed by atoms with E-state index in [1.165, 1.54) is 98.3 Å². The van der Waals surface area contributed by atoms with Crippen LogP contribution in [0.25, 0.3) is 77.4 Å². The number of aromatic nitrogens is 3. The zero-order valence-electron chi connectivity index (χ0n) is 38.5. The zero-order valence-corrected chi connectivity index (χ0v) is 38.5. The third-order valence-electron chi connectivity index (χ3n) is 14.6. The Balaban J connectivity index is 1.10. The van der Waals surface area contributed by atoms with E-state index in [-0.39, 0.29) is 12.1 Å². The van der Waals surface area contributed by atoms with E-state index in [4.69, 9.17) is 14.7 Å². The molecule has 0 radical (unpaired) electrons. The van der Waals surface area contributed by atoms with Crippen molar-refractivity contribution in [3.8, 4) is 33.6 Å². The lowest BCUT2D eigenvalue weighted by molar-refractivity contribution is 0.150. The van der Waals surface area contributed by atoms with E-state index in [9.17, 15) is 0 Å². The van der Waals surface area contributed by atoms with E-state index in [0.717, 1.165) is 56.0 Å². The smallest absolute Gasteiger partial charge is 0.217 e. The van der Waals surface area contributed by atoms with Crippen LogP contribution in [0.4, 0.5) is 0 Å². The quantitative estimate of drug-likeness (QED) is 0.160. The van der Waals surface area contributed by atoms with Gasteiger partial charge in [-0.1, -0.05) is 115 Å². The highest BCUT2D eigenvalue weighted by Gasteiger charge is 2.39. The lowest BCUT2D eigenvalue weighted by Crippen LogP contribution is -2.25. The maximum atomic E-state index is 7.17. The number of fused-ring (bicyclic) bond motifs is 6. The van der Waals surface area contributed by atoms with Gasteiger partial charge in [-0.15, -0.1) is 0 Å². The van der Waals surface area contributed by atoms with Crippen LogP contribution in [0.1, 0.15) is 77.2 Å². The van der Waals surface area contributed by atoms with Gasteiger partial charge in [-0.25, -0.2) is 9.98 Å². The minimum Gasteiger partial charge on any atom is -0.467 e. The molecule has 0 unspecified atom stereocenters. The van der Waals surface area contributed by atoms with E-state index in [1.54, 1.807) is 0 Å². The molecule has 12 rings (SSSR count). The predicted octanol–water partition coefficient (Wildman–Crippen LogP) is 15.6. The number of aryl methyl sites for hydroxylation is 5. The molecule has 0 amide bonds. The van der Waals surface area contributed by atoms with Crippen LogP contribution < -0.4 is 0 Å². The zero-order chi connectivity index (χ0) is 44.6. The van der Waals surface area contributed by atoms with E-state index in [1.807, 2.05) is 6.20 Å². The molecule has 4 heterocycles. The lowest BCUT2D eigenvalue weighted by Gasteiger charge is -2.29. The normalized spacial score (nSPS) is 16.7. The summed E-state index contributed by atoms with van der Waals surface area (Å²) in [5.74, 6) is 1.23. The van der Waals surface area contributed by atoms with Gasteiger partial charge in [0.05, 0.1) is 28.3 Å². The molecule has 2 aliphatic rings. The molecule has 66 heavy (non-hydrogen) atoms. The van der Waals surface area contributed by atoms with Crippen molar-refractivity contribution in [1.82, 2.24) is 14.1 Å². The second-order valence-corrected chi connectivity index (χ2v) is 19.1. The van der Waals surface area contributed by atoms with Gasteiger partial charge in [-0.2, -0.15) is 0 Å². The van der Waals surface area contributed by atoms with E-state index in [0.29, 0.717) is 5.92 Å². The maximum absolute atomic E-state index is 7.17. The third kappa shape index (κ3) is 6.74. The number of nitrogens with zero attached hydrogens (tertiary/aromatic N) is 4.